The highest BCUT2D eigenvalue weighted by atomic mass is 16.3. The van der Waals surface area contributed by atoms with Crippen LogP contribution in [-0.4, -0.2) is 5.78 Å². The van der Waals surface area contributed by atoms with Crippen LogP contribution in [0.2, 0.25) is 0 Å². The Morgan fingerprint density at radius 3 is 2.68 bits per heavy atom. The zero-order chi connectivity index (χ0) is 17.6. The van der Waals surface area contributed by atoms with E-state index in [9.17, 15) is 4.79 Å². The van der Waals surface area contributed by atoms with Crippen LogP contribution in [0.25, 0.3) is 11.0 Å². The fourth-order valence-electron chi connectivity index (χ4n) is 2.08. The van der Waals surface area contributed by atoms with Crippen LogP contribution in [0.3, 0.4) is 0 Å². The average Bonchev–Trinajstić information content (AvgIpc) is 2.96. The molecule has 2 aromatic carbocycles. The Morgan fingerprint density at radius 1 is 1.21 bits per heavy atom. The van der Waals surface area contributed by atoms with Crippen molar-refractivity contribution in [1.29, 1.82) is 0 Å². The number of aryl methyl sites for hydroxylation is 1. The van der Waals surface area contributed by atoms with E-state index in [1.807, 2.05) is 6.92 Å². The van der Waals surface area contributed by atoms with Gasteiger partial charge in [0.15, 0.2) is 5.78 Å². The number of hydrogen-bond donors (Lipinski definition) is 0. The second-order valence-corrected chi connectivity index (χ2v) is 4.08. The van der Waals surface area contributed by atoms with Gasteiger partial charge in [-0.25, -0.2) is 0 Å². The molecule has 0 unspecified atom stereocenters. The first-order valence-electron chi connectivity index (χ1n) is 8.50. The third-order valence-electron chi connectivity index (χ3n) is 2.94. The molecule has 0 spiro atoms. The Hall–Kier alpha value is -2.35. The van der Waals surface area contributed by atoms with E-state index < -0.39 is 36.0 Å². The number of hydrogen-bond acceptors (Lipinski definition) is 2. The molecule has 1 heterocycles. The molecule has 0 radical (unpaired) electrons. The molecule has 0 N–H and O–H groups in total. The maximum absolute atomic E-state index is 13.0. The number of benzene rings is 2. The van der Waals surface area contributed by atoms with Gasteiger partial charge in [0.1, 0.15) is 11.3 Å². The van der Waals surface area contributed by atoms with Crippen LogP contribution in [0.15, 0.2) is 58.9 Å². The Balaban J connectivity index is 2.32. The molecule has 0 amide bonds. The minimum atomic E-state index is -0.617. The van der Waals surface area contributed by atoms with Gasteiger partial charge < -0.3 is 4.42 Å². The molecule has 0 atom stereocenters. The van der Waals surface area contributed by atoms with Gasteiger partial charge in [-0.05, 0) is 6.07 Å². The van der Waals surface area contributed by atoms with Crippen molar-refractivity contribution in [1.82, 2.24) is 0 Å². The van der Waals surface area contributed by atoms with Crippen LogP contribution < -0.4 is 0 Å². The van der Waals surface area contributed by atoms with Crippen LogP contribution in [0.4, 0.5) is 0 Å². The number of carbonyl (C=O) groups excluding carboxylic acids is 1. The number of ketones is 1. The minimum Gasteiger partial charge on any atom is -0.460 e. The van der Waals surface area contributed by atoms with Gasteiger partial charge in [0.2, 0.25) is 0 Å². The first kappa shape index (κ1) is 7.29. The minimum absolute atomic E-state index is 0.256. The Kier molecular flexibility index (Phi) is 1.81. The van der Waals surface area contributed by atoms with E-state index in [0.29, 0.717) is 23.2 Å². The molecule has 19 heavy (non-hydrogen) atoms. The molecular weight excluding hydrogens is 236 g/mol. The lowest BCUT2D eigenvalue weighted by atomic mass is 9.99. The maximum atomic E-state index is 13.0. The number of para-hydroxylation sites is 1. The smallest absolute Gasteiger partial charge is 0.197 e. The summed E-state index contributed by atoms with van der Waals surface area (Å²) in [5.41, 5.74) is 0.457. The topological polar surface area (TPSA) is 30.2 Å². The van der Waals surface area contributed by atoms with Gasteiger partial charge in [-0.15, -0.1) is 0 Å². The summed E-state index contributed by atoms with van der Waals surface area (Å²) in [6.45, 7) is 1.83. The van der Waals surface area contributed by atoms with Crippen LogP contribution >= 0.6 is 0 Å². The van der Waals surface area contributed by atoms with Crippen LogP contribution in [0.1, 0.15) is 35.5 Å². The van der Waals surface area contributed by atoms with Gasteiger partial charge in [-0.1, -0.05) is 55.3 Å². The van der Waals surface area contributed by atoms with Crippen molar-refractivity contribution in [3.63, 3.8) is 0 Å². The summed E-state index contributed by atoms with van der Waals surface area (Å²) in [5, 5.41) is 0.575. The fourth-order valence-corrected chi connectivity index (χ4v) is 2.08. The van der Waals surface area contributed by atoms with Gasteiger partial charge in [0.25, 0.3) is 0 Å². The molecule has 94 valence electrons. The third kappa shape index (κ3) is 1.95. The van der Waals surface area contributed by atoms with Gasteiger partial charge in [-0.3, -0.25) is 4.79 Å². The molecule has 0 saturated heterocycles. The lowest BCUT2D eigenvalue weighted by molar-refractivity contribution is 0.103. The standard InChI is InChI=1S/C17H14O2/c1-2-14-16(13-10-6-7-11-15(13)19-14)17(18)12-8-4-3-5-9-12/h3-11H,2H2,1H3/i3D,4D,5D,8D,9D. The van der Waals surface area contributed by atoms with E-state index in [-0.39, 0.29) is 11.1 Å². The van der Waals surface area contributed by atoms with Gasteiger partial charge in [0, 0.05) is 17.4 Å². The quantitative estimate of drug-likeness (QED) is 0.656. The molecule has 0 fully saturated rings. The fraction of sp³-hybridized carbons (Fsp3) is 0.118. The number of carbonyl (C=O) groups is 1. The molecule has 3 aromatic rings. The van der Waals surface area contributed by atoms with Crippen LogP contribution in [0.5, 0.6) is 0 Å². The summed E-state index contributed by atoms with van der Waals surface area (Å²) < 4.78 is 44.7. The SMILES string of the molecule is [2H]c1c([2H])c([2H])c(C(=O)c2c(CC)oc3ccccc23)c([2H])c1[2H]. The second-order valence-electron chi connectivity index (χ2n) is 4.08. The Bertz CT molecular complexity index is 946. The third-order valence-corrected chi connectivity index (χ3v) is 2.94. The van der Waals surface area contributed by atoms with E-state index in [1.165, 1.54) is 0 Å². The van der Waals surface area contributed by atoms with E-state index in [1.54, 1.807) is 24.3 Å². The molecule has 0 aliphatic carbocycles. The van der Waals surface area contributed by atoms with Crippen LogP contribution in [-0.2, 0) is 6.42 Å². The molecule has 1 aromatic heterocycles. The summed E-state index contributed by atoms with van der Waals surface area (Å²) in [5.74, 6) is -0.179. The number of furan rings is 1. The average molecular weight is 255 g/mol. The predicted octanol–water partition coefficient (Wildman–Crippen LogP) is 4.23. The lowest BCUT2D eigenvalue weighted by Gasteiger charge is -2.01. The zero-order valence-electron chi connectivity index (χ0n) is 15.3. The van der Waals surface area contributed by atoms with E-state index in [0.717, 1.165) is 0 Å². The van der Waals surface area contributed by atoms with Crippen molar-refractivity contribution in [3.05, 3.63) is 71.4 Å². The highest BCUT2D eigenvalue weighted by Gasteiger charge is 2.20. The predicted molar refractivity (Wildman–Crippen MR) is 75.5 cm³/mol. The van der Waals surface area contributed by atoms with E-state index >= 15 is 0 Å². The lowest BCUT2D eigenvalue weighted by Crippen LogP contribution is -2.02. The molecule has 3 rings (SSSR count). The van der Waals surface area contributed by atoms with Gasteiger partial charge >= 0.3 is 0 Å². The largest absolute Gasteiger partial charge is 0.460 e. The van der Waals surface area contributed by atoms with Gasteiger partial charge in [0.05, 0.1) is 12.4 Å². The Morgan fingerprint density at radius 2 is 1.95 bits per heavy atom. The first-order chi connectivity index (χ1) is 11.4. The summed E-state index contributed by atoms with van der Waals surface area (Å²) in [6.07, 6.45) is 0.453. The van der Waals surface area contributed by atoms with Crippen molar-refractivity contribution < 1.29 is 16.1 Å². The molecule has 0 bridgehead atoms. The summed E-state index contributed by atoms with van der Waals surface area (Å²) >= 11 is 0. The molecule has 0 aliphatic heterocycles. The monoisotopic (exact) mass is 255 g/mol. The van der Waals surface area contributed by atoms with Crippen molar-refractivity contribution in [2.24, 2.45) is 0 Å². The number of rotatable bonds is 3. The Labute approximate surface area is 118 Å². The van der Waals surface area contributed by atoms with E-state index in [2.05, 4.69) is 0 Å². The van der Waals surface area contributed by atoms with Crippen molar-refractivity contribution >= 4 is 16.8 Å². The highest BCUT2D eigenvalue weighted by molar-refractivity contribution is 6.16. The van der Waals surface area contributed by atoms with Crippen molar-refractivity contribution in [2.45, 2.75) is 13.3 Å². The van der Waals surface area contributed by atoms with E-state index in [4.69, 9.17) is 11.3 Å². The van der Waals surface area contributed by atoms with Crippen molar-refractivity contribution in [2.75, 3.05) is 0 Å². The van der Waals surface area contributed by atoms with Gasteiger partial charge in [-0.2, -0.15) is 0 Å². The van der Waals surface area contributed by atoms with Crippen LogP contribution in [0, 0.1) is 0 Å². The second kappa shape index (κ2) is 4.73. The zero-order valence-corrected chi connectivity index (χ0v) is 10.3. The maximum Gasteiger partial charge on any atom is 0.197 e. The normalized spacial score (nSPS) is 14.5. The molecule has 0 saturated carbocycles. The molecular formula is C17H14O2. The molecule has 0 aliphatic rings. The first-order valence-corrected chi connectivity index (χ1v) is 6.00. The summed E-state index contributed by atoms with van der Waals surface area (Å²) in [7, 11) is 0. The van der Waals surface area contributed by atoms with Crippen molar-refractivity contribution in [3.8, 4) is 0 Å². The molecule has 2 heteroatoms. The number of fused-ring (bicyclic) bond motifs is 1. The highest BCUT2D eigenvalue weighted by Crippen LogP contribution is 2.28. The summed E-state index contributed by atoms with van der Waals surface area (Å²) in [4.78, 5) is 13.0. The molecule has 2 nitrogen and oxygen atoms in total. The summed E-state index contributed by atoms with van der Waals surface area (Å²) in [6, 6.07) is 4.43.